The zero-order valence-electron chi connectivity index (χ0n) is 51.7. The molecule has 484 valence electrons. The van der Waals surface area contributed by atoms with Gasteiger partial charge in [-0.05, 0) is 124 Å². The lowest BCUT2D eigenvalue weighted by molar-refractivity contribution is -0.150. The van der Waals surface area contributed by atoms with E-state index >= 15 is 0 Å². The molecule has 0 unspecified atom stereocenters. The van der Waals surface area contributed by atoms with E-state index in [2.05, 4.69) is 51.9 Å². The van der Waals surface area contributed by atoms with Crippen molar-refractivity contribution in [2.24, 2.45) is 28.9 Å². The molecule has 2 saturated carbocycles. The van der Waals surface area contributed by atoms with Gasteiger partial charge in [0, 0.05) is 74.2 Å². The smallest absolute Gasteiger partial charge is 0.326 e. The predicted molar refractivity (Wildman–Crippen MR) is 328 cm³/mol. The van der Waals surface area contributed by atoms with Crippen LogP contribution in [-0.4, -0.2) is 173 Å². The predicted octanol–water partition coefficient (Wildman–Crippen LogP) is 4.19. The summed E-state index contributed by atoms with van der Waals surface area (Å²) in [7, 11) is 0. The van der Waals surface area contributed by atoms with Crippen molar-refractivity contribution >= 4 is 53.0 Å². The second-order valence-corrected chi connectivity index (χ2v) is 24.4. The van der Waals surface area contributed by atoms with Crippen LogP contribution in [0.5, 0.6) is 17.4 Å². The standard InChI is InChI=1S/C63H79N15O13/c1-38-56(39(2)72-71-38)40-14-17-44(18-15-40)68-61(85)58(57(41-10-11-41)42-12-13-42)70-60(84)50-21-23-67-78(50)26-7-25-75(33-51(64)79)54(81)34-77-30-45(73-74-77)35-88-37-55(82)76-31-48(32-76)89-27-24-65-52(80)36-90-46-8-6-9-47(28-46)91-53-19-16-43(29-66-53)59(83)69-49(62(86)87)20-22-63(3,4)5/h6,8-9,14-19,21,23,28-30,41-42,48-49,57-58H,7,10-13,20,22,24-27,31-37H2,1-5H3,(H2,64,79)(H,65,80)(H,68,85)(H,69,83)(H,70,84)(H,71,72)(H,86,87)/t49-,58-/m0/s1. The number of carboxylic acid groups (broad SMARTS) is 1. The van der Waals surface area contributed by atoms with E-state index in [-0.39, 0.29) is 118 Å². The number of pyridine rings is 1. The van der Waals surface area contributed by atoms with Crippen LogP contribution in [0.3, 0.4) is 0 Å². The summed E-state index contributed by atoms with van der Waals surface area (Å²) in [6, 6.07) is 16.9. The molecular weight excluding hydrogens is 1170 g/mol. The van der Waals surface area contributed by atoms with Crippen LogP contribution in [0.25, 0.3) is 11.1 Å². The van der Waals surface area contributed by atoms with Gasteiger partial charge in [0.1, 0.15) is 48.1 Å². The Morgan fingerprint density at radius 2 is 1.65 bits per heavy atom. The van der Waals surface area contributed by atoms with Gasteiger partial charge >= 0.3 is 5.97 Å². The minimum absolute atomic E-state index is 0.00751. The maximum atomic E-state index is 14.1. The monoisotopic (exact) mass is 1250 g/mol. The molecule has 6 aromatic rings. The molecule has 3 fully saturated rings. The molecule has 2 aliphatic carbocycles. The van der Waals surface area contributed by atoms with Crippen LogP contribution in [0.4, 0.5) is 5.69 Å². The van der Waals surface area contributed by atoms with E-state index in [4.69, 9.17) is 24.7 Å². The van der Waals surface area contributed by atoms with E-state index in [1.807, 2.05) is 58.9 Å². The summed E-state index contributed by atoms with van der Waals surface area (Å²) in [4.78, 5) is 111. The molecule has 5 heterocycles. The minimum Gasteiger partial charge on any atom is -0.484 e. The van der Waals surface area contributed by atoms with Gasteiger partial charge in [-0.2, -0.15) is 10.2 Å². The molecule has 1 saturated heterocycles. The van der Waals surface area contributed by atoms with Crippen LogP contribution in [0.15, 0.2) is 85.3 Å². The van der Waals surface area contributed by atoms with E-state index in [1.165, 1.54) is 45.0 Å². The third-order valence-corrected chi connectivity index (χ3v) is 15.8. The first-order valence-corrected chi connectivity index (χ1v) is 30.5. The Kier molecular flexibility index (Phi) is 21.9. The molecule has 91 heavy (non-hydrogen) atoms. The van der Waals surface area contributed by atoms with E-state index in [1.54, 1.807) is 35.2 Å². The number of hydrogen-bond acceptors (Lipinski definition) is 17. The van der Waals surface area contributed by atoms with Crippen molar-refractivity contribution in [1.29, 1.82) is 0 Å². The molecular formula is C63H79N15O13. The molecule has 8 N–H and O–H groups in total. The number of rotatable bonds is 34. The Bertz CT molecular complexity index is 3500. The molecule has 28 nitrogen and oxygen atoms in total. The van der Waals surface area contributed by atoms with E-state index in [0.717, 1.165) is 48.2 Å². The van der Waals surface area contributed by atoms with E-state index in [9.17, 15) is 43.5 Å². The van der Waals surface area contributed by atoms with Crippen molar-refractivity contribution in [3.63, 3.8) is 0 Å². The first kappa shape index (κ1) is 65.9. The van der Waals surface area contributed by atoms with Gasteiger partial charge < -0.3 is 60.9 Å². The molecule has 0 bridgehead atoms. The van der Waals surface area contributed by atoms with Gasteiger partial charge in [0.25, 0.3) is 17.7 Å². The lowest BCUT2D eigenvalue weighted by Crippen LogP contribution is -2.56. The van der Waals surface area contributed by atoms with Crippen LogP contribution in [0, 0.1) is 37.0 Å². The number of H-pyrrole nitrogens is 1. The van der Waals surface area contributed by atoms with Gasteiger partial charge in [-0.25, -0.2) is 14.5 Å². The molecule has 28 heteroatoms. The topological polar surface area (TPSA) is 364 Å². The number of aliphatic carboxylic acids is 1. The zero-order chi connectivity index (χ0) is 64.8. The summed E-state index contributed by atoms with van der Waals surface area (Å²) in [5.41, 5.74) is 10.7. The Hall–Kier alpha value is -9.57. The summed E-state index contributed by atoms with van der Waals surface area (Å²) in [5, 5.41) is 40.8. The third kappa shape index (κ3) is 19.2. The van der Waals surface area contributed by atoms with Crippen LogP contribution in [0.2, 0.25) is 0 Å². The van der Waals surface area contributed by atoms with Crippen LogP contribution < -0.4 is 36.5 Å². The Balaban J connectivity index is 0.642. The number of aromatic amines is 1. The van der Waals surface area contributed by atoms with Gasteiger partial charge in [0.2, 0.25) is 29.5 Å². The number of ether oxygens (including phenoxy) is 4. The number of primary amides is 1. The van der Waals surface area contributed by atoms with E-state index in [0.29, 0.717) is 60.6 Å². The number of carbonyl (C=O) groups excluding carboxylic acids is 7. The molecule has 2 atom stereocenters. The quantitative estimate of drug-likeness (QED) is 0.0278. The number of nitrogens with zero attached hydrogens (tertiary/aromatic N) is 9. The van der Waals surface area contributed by atoms with Gasteiger partial charge in [-0.3, -0.25) is 43.3 Å². The van der Waals surface area contributed by atoms with Crippen molar-refractivity contribution in [3.05, 3.63) is 114 Å². The van der Waals surface area contributed by atoms with Crippen molar-refractivity contribution in [2.75, 3.05) is 57.9 Å². The SMILES string of the molecule is Cc1n[nH]c(C)c1-c1ccc(NC(=O)[C@@H](NC(=O)c2ccnn2CCCN(CC(N)=O)C(=O)Cn2cc(COCC(=O)N3CC(OCCNC(=O)COc4cccc(Oc5ccc(C(=O)N[C@@H](CCC(C)(C)C)C(=O)O)cn5)c4)C3)nn2)C(C2CC2)C2CC2)cc1. The summed E-state index contributed by atoms with van der Waals surface area (Å²) >= 11 is 0. The number of amides is 7. The normalized spacial score (nSPS) is 14.6. The average Bonchev–Trinajstić information content (AvgIpc) is 2.00. The average molecular weight is 1250 g/mol. The molecule has 0 spiro atoms. The summed E-state index contributed by atoms with van der Waals surface area (Å²) in [5.74, 6) is -2.67. The maximum Gasteiger partial charge on any atom is 0.326 e. The lowest BCUT2D eigenvalue weighted by Gasteiger charge is -2.38. The minimum atomic E-state index is -1.11. The van der Waals surface area contributed by atoms with Crippen molar-refractivity contribution in [3.8, 4) is 28.5 Å². The number of carbonyl (C=O) groups is 8. The molecule has 3 aliphatic rings. The largest absolute Gasteiger partial charge is 0.484 e. The summed E-state index contributed by atoms with van der Waals surface area (Å²) in [6.45, 7) is 10.0. The highest BCUT2D eigenvalue weighted by molar-refractivity contribution is 6.01. The van der Waals surface area contributed by atoms with Gasteiger partial charge in [-0.15, -0.1) is 5.10 Å². The third-order valence-electron chi connectivity index (χ3n) is 15.8. The molecule has 4 aromatic heterocycles. The molecule has 0 radical (unpaired) electrons. The van der Waals surface area contributed by atoms with Crippen molar-refractivity contribution in [1.82, 2.24) is 65.7 Å². The molecule has 1 aliphatic heterocycles. The van der Waals surface area contributed by atoms with Crippen molar-refractivity contribution in [2.45, 2.75) is 117 Å². The number of nitrogens with one attached hydrogen (secondary N) is 5. The summed E-state index contributed by atoms with van der Waals surface area (Å²) < 4.78 is 25.7. The number of likely N-dealkylation sites (tertiary alicyclic amines) is 1. The Labute approximate surface area is 525 Å². The first-order valence-electron chi connectivity index (χ1n) is 30.5. The number of anilines is 1. The maximum absolute atomic E-state index is 14.1. The van der Waals surface area contributed by atoms with Crippen LogP contribution >= 0.6 is 0 Å². The van der Waals surface area contributed by atoms with Crippen LogP contribution in [0.1, 0.15) is 104 Å². The Morgan fingerprint density at radius 1 is 0.901 bits per heavy atom. The highest BCUT2D eigenvalue weighted by Gasteiger charge is 2.48. The number of hydrogen-bond donors (Lipinski definition) is 7. The van der Waals surface area contributed by atoms with Gasteiger partial charge in [0.15, 0.2) is 6.61 Å². The fraction of sp³-hybridized carbons (Fsp3) is 0.476. The lowest BCUT2D eigenvalue weighted by atomic mass is 9.88. The fourth-order valence-electron chi connectivity index (χ4n) is 10.8. The van der Waals surface area contributed by atoms with Gasteiger partial charge in [-0.1, -0.05) is 44.2 Å². The highest BCUT2D eigenvalue weighted by atomic mass is 16.5. The summed E-state index contributed by atoms with van der Waals surface area (Å²) in [6.07, 6.45) is 9.27. The number of benzene rings is 2. The number of carboxylic acids is 1. The van der Waals surface area contributed by atoms with Crippen LogP contribution in [-0.2, 0) is 57.9 Å². The Morgan fingerprint density at radius 3 is 2.32 bits per heavy atom. The van der Waals surface area contributed by atoms with Crippen molar-refractivity contribution < 1.29 is 62.4 Å². The second-order valence-electron chi connectivity index (χ2n) is 24.4. The number of aryl methyl sites for hydroxylation is 3. The second kappa shape index (κ2) is 30.3. The first-order chi connectivity index (χ1) is 43.6. The van der Waals surface area contributed by atoms with Gasteiger partial charge in [0.05, 0.1) is 43.3 Å². The zero-order valence-corrected chi connectivity index (χ0v) is 51.7. The number of aromatic nitrogens is 8. The fourth-order valence-corrected chi connectivity index (χ4v) is 10.8. The molecule has 7 amide bonds. The van der Waals surface area contributed by atoms with E-state index < -0.39 is 41.7 Å². The highest BCUT2D eigenvalue weighted by Crippen LogP contribution is 2.51. The molecule has 2 aromatic carbocycles. The number of nitrogens with two attached hydrogens (primary N) is 1. The molecule has 9 rings (SSSR count).